The van der Waals surface area contributed by atoms with Gasteiger partial charge in [-0.05, 0) is 42.0 Å². The van der Waals surface area contributed by atoms with Crippen LogP contribution in [-0.2, 0) is 4.79 Å². The zero-order valence-electron chi connectivity index (χ0n) is 16.4. The van der Waals surface area contributed by atoms with Gasteiger partial charge in [-0.25, -0.2) is 10.2 Å². The van der Waals surface area contributed by atoms with Crippen molar-refractivity contribution in [3.8, 4) is 11.5 Å². The summed E-state index contributed by atoms with van der Waals surface area (Å²) in [6.07, 6.45) is 1.37. The van der Waals surface area contributed by atoms with Crippen molar-refractivity contribution in [3.63, 3.8) is 0 Å². The van der Waals surface area contributed by atoms with Crippen LogP contribution in [0.4, 0.5) is 5.69 Å². The average molecular weight is 454 g/mol. The normalized spacial score (nSPS) is 10.5. The van der Waals surface area contributed by atoms with E-state index in [1.165, 1.54) is 30.5 Å². The third-order valence-corrected chi connectivity index (χ3v) is 4.29. The van der Waals surface area contributed by atoms with Gasteiger partial charge in [0.1, 0.15) is 11.5 Å². The lowest BCUT2D eigenvalue weighted by Gasteiger charge is -2.06. The Kier molecular flexibility index (Phi) is 7.50. The highest BCUT2D eigenvalue weighted by Gasteiger charge is 2.12. The van der Waals surface area contributed by atoms with Crippen molar-refractivity contribution < 1.29 is 24.0 Å². The van der Waals surface area contributed by atoms with E-state index in [-0.39, 0.29) is 23.6 Å². The van der Waals surface area contributed by atoms with Crippen LogP contribution in [0.3, 0.4) is 0 Å². The third kappa shape index (κ3) is 6.38. The number of halogens is 1. The van der Waals surface area contributed by atoms with Crippen molar-refractivity contribution in [2.24, 2.45) is 5.10 Å². The standard InChI is InChI=1S/C22H16ClN3O6/c23-19-6-1-2-7-20(19)31-14-21(27)25-24-13-15-4-3-5-18(12-15)32-22(28)16-8-10-17(11-9-16)26(29)30/h1-13H,14H2,(H,25,27)/b24-13-. The first-order chi connectivity index (χ1) is 15.4. The number of non-ortho nitro benzene ring substituents is 1. The Bertz CT molecular complexity index is 1160. The van der Waals surface area contributed by atoms with Gasteiger partial charge in [0, 0.05) is 12.1 Å². The summed E-state index contributed by atoms with van der Waals surface area (Å²) in [5.74, 6) is -0.526. The lowest BCUT2D eigenvalue weighted by Crippen LogP contribution is -2.24. The minimum Gasteiger partial charge on any atom is -0.482 e. The summed E-state index contributed by atoms with van der Waals surface area (Å²) in [5.41, 5.74) is 2.92. The number of nitro groups is 1. The fourth-order valence-corrected chi connectivity index (χ4v) is 2.65. The number of rotatable bonds is 8. The highest BCUT2D eigenvalue weighted by atomic mass is 35.5. The van der Waals surface area contributed by atoms with Crippen molar-refractivity contribution in [2.75, 3.05) is 6.61 Å². The molecule has 0 heterocycles. The maximum Gasteiger partial charge on any atom is 0.343 e. The molecule has 3 aromatic rings. The molecule has 0 radical (unpaired) electrons. The number of benzene rings is 3. The SMILES string of the molecule is O=C(COc1ccccc1Cl)N/N=C\c1cccc(OC(=O)c2ccc([N+](=O)[O-])cc2)c1. The number of hydrazone groups is 1. The zero-order valence-corrected chi connectivity index (χ0v) is 17.2. The van der Waals surface area contributed by atoms with Crippen LogP contribution in [0.25, 0.3) is 0 Å². The van der Waals surface area contributed by atoms with Gasteiger partial charge in [-0.3, -0.25) is 14.9 Å². The van der Waals surface area contributed by atoms with Crippen LogP contribution in [0.1, 0.15) is 15.9 Å². The number of esters is 1. The van der Waals surface area contributed by atoms with Crippen LogP contribution in [-0.4, -0.2) is 29.6 Å². The molecule has 10 heteroatoms. The van der Waals surface area contributed by atoms with Crippen molar-refractivity contribution >= 4 is 35.4 Å². The first-order valence-corrected chi connectivity index (χ1v) is 9.56. The molecule has 0 spiro atoms. The van der Waals surface area contributed by atoms with Crippen LogP contribution in [0.5, 0.6) is 11.5 Å². The summed E-state index contributed by atoms with van der Waals surface area (Å²) < 4.78 is 10.6. The summed E-state index contributed by atoms with van der Waals surface area (Å²) in [6, 6.07) is 18.3. The predicted molar refractivity (Wildman–Crippen MR) is 117 cm³/mol. The van der Waals surface area contributed by atoms with Crippen molar-refractivity contribution in [1.82, 2.24) is 5.43 Å². The van der Waals surface area contributed by atoms with Gasteiger partial charge < -0.3 is 9.47 Å². The van der Waals surface area contributed by atoms with E-state index in [4.69, 9.17) is 21.1 Å². The summed E-state index contributed by atoms with van der Waals surface area (Å²) in [5, 5.41) is 14.9. The average Bonchev–Trinajstić information content (AvgIpc) is 2.79. The molecule has 3 aromatic carbocycles. The van der Waals surface area contributed by atoms with Crippen molar-refractivity contribution in [1.29, 1.82) is 0 Å². The lowest BCUT2D eigenvalue weighted by molar-refractivity contribution is -0.384. The Morgan fingerprint density at radius 3 is 2.53 bits per heavy atom. The Balaban J connectivity index is 1.53. The number of ether oxygens (including phenoxy) is 2. The summed E-state index contributed by atoms with van der Waals surface area (Å²) in [4.78, 5) is 34.2. The van der Waals surface area contributed by atoms with Gasteiger partial charge in [-0.15, -0.1) is 0 Å². The molecule has 3 rings (SSSR count). The van der Waals surface area contributed by atoms with Gasteiger partial charge in [-0.2, -0.15) is 5.10 Å². The second-order valence-electron chi connectivity index (χ2n) is 6.28. The van der Waals surface area contributed by atoms with Gasteiger partial charge in [0.2, 0.25) is 0 Å². The molecule has 0 saturated heterocycles. The smallest absolute Gasteiger partial charge is 0.343 e. The number of carbonyl (C=O) groups is 2. The third-order valence-electron chi connectivity index (χ3n) is 3.98. The topological polar surface area (TPSA) is 120 Å². The summed E-state index contributed by atoms with van der Waals surface area (Å²) >= 11 is 5.95. The molecule has 1 amide bonds. The number of nitrogens with one attached hydrogen (secondary N) is 1. The van der Waals surface area contributed by atoms with Gasteiger partial charge in [0.05, 0.1) is 21.7 Å². The van der Waals surface area contributed by atoms with Crippen molar-refractivity contribution in [3.05, 3.63) is 99.1 Å². The number of amides is 1. The molecule has 1 N–H and O–H groups in total. The Labute approximate surface area is 187 Å². The molecule has 0 aromatic heterocycles. The quantitative estimate of drug-likeness (QED) is 0.181. The highest BCUT2D eigenvalue weighted by Crippen LogP contribution is 2.22. The molecule has 0 bridgehead atoms. The van der Waals surface area contributed by atoms with E-state index in [0.717, 1.165) is 0 Å². The van der Waals surface area contributed by atoms with E-state index in [1.54, 1.807) is 48.5 Å². The van der Waals surface area contributed by atoms with Gasteiger partial charge in [-0.1, -0.05) is 35.9 Å². The second-order valence-corrected chi connectivity index (χ2v) is 6.69. The molecule has 162 valence electrons. The minimum atomic E-state index is -0.668. The Morgan fingerprint density at radius 1 is 1.06 bits per heavy atom. The van der Waals surface area contributed by atoms with Gasteiger partial charge in [0.15, 0.2) is 6.61 Å². The number of para-hydroxylation sites is 1. The molecule has 0 aliphatic heterocycles. The first kappa shape index (κ1) is 22.4. The fourth-order valence-electron chi connectivity index (χ4n) is 2.46. The highest BCUT2D eigenvalue weighted by molar-refractivity contribution is 6.32. The number of hydrogen-bond acceptors (Lipinski definition) is 7. The van der Waals surface area contributed by atoms with Gasteiger partial charge >= 0.3 is 5.97 Å². The van der Waals surface area contributed by atoms with E-state index in [1.807, 2.05) is 0 Å². The predicted octanol–water partition coefficient (Wildman–Crippen LogP) is 4.00. The van der Waals surface area contributed by atoms with Gasteiger partial charge in [0.25, 0.3) is 11.6 Å². The molecular formula is C22H16ClN3O6. The molecule has 0 fully saturated rings. The van der Waals surface area contributed by atoms with E-state index in [9.17, 15) is 19.7 Å². The summed E-state index contributed by atoms with van der Waals surface area (Å²) in [6.45, 7) is -0.270. The molecule has 0 atom stereocenters. The van der Waals surface area contributed by atoms with E-state index in [0.29, 0.717) is 16.3 Å². The maximum atomic E-state index is 12.2. The zero-order chi connectivity index (χ0) is 22.9. The molecule has 9 nitrogen and oxygen atoms in total. The molecule has 0 unspecified atom stereocenters. The molecule has 0 saturated carbocycles. The first-order valence-electron chi connectivity index (χ1n) is 9.18. The summed E-state index contributed by atoms with van der Waals surface area (Å²) in [7, 11) is 0. The molecular weight excluding hydrogens is 438 g/mol. The van der Waals surface area contributed by atoms with E-state index in [2.05, 4.69) is 10.5 Å². The van der Waals surface area contributed by atoms with Crippen LogP contribution in [0.15, 0.2) is 77.9 Å². The fraction of sp³-hybridized carbons (Fsp3) is 0.0455. The number of nitrogens with zero attached hydrogens (tertiary/aromatic N) is 2. The molecule has 0 aliphatic carbocycles. The molecule has 0 aliphatic rings. The Hall–Kier alpha value is -4.24. The van der Waals surface area contributed by atoms with Crippen LogP contribution >= 0.6 is 11.6 Å². The lowest BCUT2D eigenvalue weighted by atomic mass is 10.2. The Morgan fingerprint density at radius 2 is 1.81 bits per heavy atom. The van der Waals surface area contributed by atoms with E-state index >= 15 is 0 Å². The number of carbonyl (C=O) groups excluding carboxylic acids is 2. The van der Waals surface area contributed by atoms with Crippen LogP contribution in [0, 0.1) is 10.1 Å². The maximum absolute atomic E-state index is 12.2. The molecule has 32 heavy (non-hydrogen) atoms. The minimum absolute atomic E-state index is 0.126. The monoisotopic (exact) mass is 453 g/mol. The second kappa shape index (κ2) is 10.7. The van der Waals surface area contributed by atoms with Crippen molar-refractivity contribution in [2.45, 2.75) is 0 Å². The van der Waals surface area contributed by atoms with Crippen LogP contribution in [0.2, 0.25) is 5.02 Å². The number of nitro benzene ring substituents is 1. The largest absolute Gasteiger partial charge is 0.482 e. The van der Waals surface area contributed by atoms with Crippen LogP contribution < -0.4 is 14.9 Å². The van der Waals surface area contributed by atoms with E-state index < -0.39 is 16.8 Å². The number of hydrogen-bond donors (Lipinski definition) is 1.